The van der Waals surface area contributed by atoms with Crippen LogP contribution in [-0.4, -0.2) is 34.9 Å². The fourth-order valence-electron chi connectivity index (χ4n) is 6.71. The molecule has 0 spiro atoms. The first kappa shape index (κ1) is 46.1. The summed E-state index contributed by atoms with van der Waals surface area (Å²) in [5.41, 5.74) is 0. The first-order chi connectivity index (χ1) is 23.2. The molecule has 0 rings (SSSR count). The van der Waals surface area contributed by atoms with E-state index in [0.717, 1.165) is 25.7 Å². The highest BCUT2D eigenvalue weighted by Gasteiger charge is 2.17. The molecule has 0 radical (unpaired) electrons. The van der Waals surface area contributed by atoms with Gasteiger partial charge in [0.1, 0.15) is 0 Å². The Morgan fingerprint density at radius 1 is 0.489 bits per heavy atom. The summed E-state index contributed by atoms with van der Waals surface area (Å²) in [6, 6.07) is -0.615. The van der Waals surface area contributed by atoms with E-state index in [9.17, 15) is 15.0 Å². The predicted octanol–water partition coefficient (Wildman–Crippen LogP) is 13.1. The molecule has 0 unspecified atom stereocenters. The number of hydrogen-bond donors (Lipinski definition) is 3. The number of hydrogen-bond acceptors (Lipinski definition) is 3. The van der Waals surface area contributed by atoms with Gasteiger partial charge < -0.3 is 15.5 Å². The van der Waals surface area contributed by atoms with Crippen LogP contribution in [0, 0.1) is 0 Å². The minimum absolute atomic E-state index is 0.0599. The molecule has 0 bridgehead atoms. The number of rotatable bonds is 39. The van der Waals surface area contributed by atoms with E-state index in [1.165, 1.54) is 193 Å². The SMILES string of the molecule is CCCCCCCCCCCCCC/C=C/[C@@H](O)[C@H](CO)NC(=O)CCCCCCCCCCCCCCCCCCCCCCC. The summed E-state index contributed by atoms with van der Waals surface area (Å²) in [6.07, 6.45) is 48.9. The lowest BCUT2D eigenvalue weighted by atomic mass is 10.0. The molecule has 0 heterocycles. The van der Waals surface area contributed by atoms with E-state index < -0.39 is 12.1 Å². The second kappa shape index (κ2) is 39.6. The van der Waals surface area contributed by atoms with Gasteiger partial charge in [0.05, 0.1) is 18.8 Å². The zero-order valence-electron chi connectivity index (χ0n) is 32.1. The number of carbonyl (C=O) groups is 1. The molecule has 0 aromatic heterocycles. The summed E-state index contributed by atoms with van der Waals surface area (Å²) in [6.45, 7) is 4.32. The maximum absolute atomic E-state index is 12.4. The average molecular weight is 664 g/mol. The van der Waals surface area contributed by atoms with Crippen LogP contribution in [0.3, 0.4) is 0 Å². The van der Waals surface area contributed by atoms with Crippen LogP contribution in [0.5, 0.6) is 0 Å². The summed E-state index contributed by atoms with van der Waals surface area (Å²) in [5.74, 6) is -0.0599. The number of amides is 1. The molecule has 4 heteroatoms. The third-order valence-corrected chi connectivity index (χ3v) is 10.0. The lowest BCUT2D eigenvalue weighted by Gasteiger charge is -2.20. The van der Waals surface area contributed by atoms with Gasteiger partial charge in [0.25, 0.3) is 0 Å². The van der Waals surface area contributed by atoms with Crippen molar-refractivity contribution < 1.29 is 15.0 Å². The molecule has 0 aliphatic heterocycles. The molecule has 47 heavy (non-hydrogen) atoms. The Kier molecular flexibility index (Phi) is 38.8. The number of aliphatic hydroxyl groups is 2. The van der Waals surface area contributed by atoms with Gasteiger partial charge >= 0.3 is 0 Å². The second-order valence-corrected chi connectivity index (χ2v) is 14.8. The Hall–Kier alpha value is -0.870. The summed E-state index contributed by atoms with van der Waals surface area (Å²) in [5, 5.41) is 23.0. The monoisotopic (exact) mass is 664 g/mol. The zero-order chi connectivity index (χ0) is 34.3. The van der Waals surface area contributed by atoms with Crippen molar-refractivity contribution in [2.75, 3.05) is 6.61 Å². The van der Waals surface area contributed by atoms with E-state index in [2.05, 4.69) is 19.2 Å². The molecular formula is C43H85NO3. The van der Waals surface area contributed by atoms with Crippen molar-refractivity contribution in [1.82, 2.24) is 5.32 Å². The Balaban J connectivity index is 3.51. The number of aliphatic hydroxyl groups excluding tert-OH is 2. The number of carbonyl (C=O) groups excluding carboxylic acids is 1. The highest BCUT2D eigenvalue weighted by Crippen LogP contribution is 2.16. The fraction of sp³-hybridized carbons (Fsp3) is 0.930. The number of unbranched alkanes of at least 4 members (excludes halogenated alkanes) is 32. The molecule has 1 amide bonds. The molecule has 0 aliphatic rings. The predicted molar refractivity (Wildman–Crippen MR) is 207 cm³/mol. The molecule has 0 fully saturated rings. The van der Waals surface area contributed by atoms with Crippen molar-refractivity contribution >= 4 is 5.91 Å². The summed E-state index contributed by atoms with van der Waals surface area (Å²) >= 11 is 0. The molecule has 3 N–H and O–H groups in total. The third kappa shape index (κ3) is 36.2. The third-order valence-electron chi connectivity index (χ3n) is 10.0. The van der Waals surface area contributed by atoms with Crippen molar-refractivity contribution in [2.24, 2.45) is 0 Å². The lowest BCUT2D eigenvalue weighted by molar-refractivity contribution is -0.123. The van der Waals surface area contributed by atoms with Gasteiger partial charge in [-0.15, -0.1) is 0 Å². The minimum Gasteiger partial charge on any atom is -0.394 e. The van der Waals surface area contributed by atoms with Crippen molar-refractivity contribution in [3.8, 4) is 0 Å². The molecule has 0 aliphatic carbocycles. The van der Waals surface area contributed by atoms with E-state index >= 15 is 0 Å². The maximum Gasteiger partial charge on any atom is 0.220 e. The van der Waals surface area contributed by atoms with Gasteiger partial charge in [-0.05, 0) is 19.3 Å². The lowest BCUT2D eigenvalue weighted by Crippen LogP contribution is -2.45. The van der Waals surface area contributed by atoms with Crippen LogP contribution in [0.4, 0.5) is 0 Å². The summed E-state index contributed by atoms with van der Waals surface area (Å²) in [4.78, 5) is 12.4. The van der Waals surface area contributed by atoms with E-state index in [4.69, 9.17) is 0 Å². The number of nitrogens with one attached hydrogen (secondary N) is 1. The van der Waals surface area contributed by atoms with Crippen LogP contribution in [-0.2, 0) is 4.79 Å². The summed E-state index contributed by atoms with van der Waals surface area (Å²) in [7, 11) is 0. The zero-order valence-corrected chi connectivity index (χ0v) is 32.1. The van der Waals surface area contributed by atoms with Crippen molar-refractivity contribution in [3.63, 3.8) is 0 Å². The van der Waals surface area contributed by atoms with Crippen molar-refractivity contribution in [2.45, 2.75) is 251 Å². The van der Waals surface area contributed by atoms with Gasteiger partial charge in [-0.2, -0.15) is 0 Å². The Morgan fingerprint density at radius 2 is 0.787 bits per heavy atom. The van der Waals surface area contributed by atoms with E-state index in [0.29, 0.717) is 6.42 Å². The number of allylic oxidation sites excluding steroid dienone is 1. The molecule has 0 aromatic carbocycles. The van der Waals surface area contributed by atoms with Crippen LogP contribution in [0.15, 0.2) is 12.2 Å². The molecule has 4 nitrogen and oxygen atoms in total. The normalized spacial score (nSPS) is 13.0. The molecule has 280 valence electrons. The Morgan fingerprint density at radius 3 is 1.11 bits per heavy atom. The summed E-state index contributed by atoms with van der Waals surface area (Å²) < 4.78 is 0. The van der Waals surface area contributed by atoms with E-state index in [1.807, 2.05) is 6.08 Å². The van der Waals surface area contributed by atoms with Gasteiger partial charge in [-0.3, -0.25) is 4.79 Å². The molecule has 0 aromatic rings. The van der Waals surface area contributed by atoms with Crippen LogP contribution in [0.2, 0.25) is 0 Å². The van der Waals surface area contributed by atoms with Crippen LogP contribution >= 0.6 is 0 Å². The Labute approximate surface area is 295 Å². The smallest absolute Gasteiger partial charge is 0.220 e. The molecule has 0 saturated carbocycles. The van der Waals surface area contributed by atoms with E-state index in [-0.39, 0.29) is 12.5 Å². The maximum atomic E-state index is 12.4. The van der Waals surface area contributed by atoms with Gasteiger partial charge in [-0.25, -0.2) is 0 Å². The quantitative estimate of drug-likeness (QED) is 0.0453. The van der Waals surface area contributed by atoms with Crippen LogP contribution < -0.4 is 5.32 Å². The average Bonchev–Trinajstić information content (AvgIpc) is 3.07. The van der Waals surface area contributed by atoms with Gasteiger partial charge in [0.2, 0.25) is 5.91 Å². The first-order valence-corrected chi connectivity index (χ1v) is 21.4. The largest absolute Gasteiger partial charge is 0.394 e. The van der Waals surface area contributed by atoms with Gasteiger partial charge in [0.15, 0.2) is 0 Å². The minimum atomic E-state index is -0.832. The molecule has 0 saturated heterocycles. The van der Waals surface area contributed by atoms with Crippen molar-refractivity contribution in [1.29, 1.82) is 0 Å². The standard InChI is InChI=1S/C43H85NO3/c1-3-5-7-9-11-13-15-17-19-20-21-22-23-24-25-27-29-31-33-35-37-39-43(47)44-41(40-45)42(46)38-36-34-32-30-28-26-18-16-14-12-10-8-6-4-2/h36,38,41-42,45-46H,3-35,37,39-40H2,1-2H3,(H,44,47)/b38-36+/t41-,42+/m0/s1. The van der Waals surface area contributed by atoms with Gasteiger partial charge in [-0.1, -0.05) is 225 Å². The first-order valence-electron chi connectivity index (χ1n) is 21.4. The highest BCUT2D eigenvalue weighted by atomic mass is 16.3. The Bertz CT molecular complexity index is 637. The van der Waals surface area contributed by atoms with E-state index in [1.54, 1.807) is 6.08 Å². The van der Waals surface area contributed by atoms with Crippen LogP contribution in [0.1, 0.15) is 239 Å². The topological polar surface area (TPSA) is 69.6 Å². The molecule has 2 atom stereocenters. The van der Waals surface area contributed by atoms with Crippen LogP contribution in [0.25, 0.3) is 0 Å². The van der Waals surface area contributed by atoms with Gasteiger partial charge in [0, 0.05) is 6.42 Å². The fourth-order valence-corrected chi connectivity index (χ4v) is 6.71. The molecular weight excluding hydrogens is 578 g/mol. The van der Waals surface area contributed by atoms with Crippen molar-refractivity contribution in [3.05, 3.63) is 12.2 Å². The highest BCUT2D eigenvalue weighted by molar-refractivity contribution is 5.76. The second-order valence-electron chi connectivity index (χ2n) is 14.8.